The lowest BCUT2D eigenvalue weighted by Crippen LogP contribution is -2.57. The van der Waals surface area contributed by atoms with Crippen molar-refractivity contribution in [3.05, 3.63) is 89.5 Å². The normalized spacial score (nSPS) is 30.7. The summed E-state index contributed by atoms with van der Waals surface area (Å²) in [6, 6.07) is 13.3. The molecule has 2 saturated heterocycles. The fraction of sp³-hybridized carbons (Fsp3) is 0.457. The van der Waals surface area contributed by atoms with Crippen molar-refractivity contribution in [1.82, 2.24) is 9.80 Å². The molecule has 226 valence electrons. The number of amides is 3. The molecule has 4 aliphatic heterocycles. The molecule has 0 saturated carbocycles. The Morgan fingerprint density at radius 1 is 0.884 bits per heavy atom. The molecule has 1 spiro atoms. The number of hydrogen-bond donors (Lipinski definition) is 1. The van der Waals surface area contributed by atoms with E-state index < -0.39 is 35.1 Å². The maximum atomic E-state index is 15.0. The predicted molar refractivity (Wildman–Crippen MR) is 164 cm³/mol. The third-order valence-corrected chi connectivity index (χ3v) is 9.86. The summed E-state index contributed by atoms with van der Waals surface area (Å²) in [6.45, 7) is 8.89. The summed E-state index contributed by atoms with van der Waals surface area (Å²) in [6.07, 6.45) is 8.98. The molecule has 2 aromatic rings. The van der Waals surface area contributed by atoms with Gasteiger partial charge in [-0.1, -0.05) is 86.7 Å². The first-order valence-corrected chi connectivity index (χ1v) is 15.4. The average molecular weight is 584 g/mol. The number of aryl methyl sites for hydroxylation is 2. The van der Waals surface area contributed by atoms with Crippen molar-refractivity contribution in [1.29, 1.82) is 0 Å². The van der Waals surface area contributed by atoms with E-state index in [1.54, 1.807) is 9.80 Å². The largest absolute Gasteiger partial charge is 0.394 e. The van der Waals surface area contributed by atoms with Crippen molar-refractivity contribution in [2.75, 3.05) is 31.1 Å². The summed E-state index contributed by atoms with van der Waals surface area (Å²) in [7, 11) is 0. The van der Waals surface area contributed by atoms with Crippen LogP contribution in [-0.2, 0) is 19.1 Å². The molecule has 0 aromatic heterocycles. The van der Waals surface area contributed by atoms with Crippen LogP contribution < -0.4 is 4.90 Å². The van der Waals surface area contributed by atoms with Gasteiger partial charge in [0, 0.05) is 25.3 Å². The maximum Gasteiger partial charge on any atom is 0.253 e. The zero-order chi connectivity index (χ0) is 30.5. The van der Waals surface area contributed by atoms with Crippen LogP contribution >= 0.6 is 0 Å². The summed E-state index contributed by atoms with van der Waals surface area (Å²) in [4.78, 5) is 49.4. The molecule has 4 aliphatic rings. The van der Waals surface area contributed by atoms with Crippen LogP contribution in [0.4, 0.5) is 5.69 Å². The summed E-state index contributed by atoms with van der Waals surface area (Å²) in [5.41, 5.74) is 0.981. The summed E-state index contributed by atoms with van der Waals surface area (Å²) >= 11 is 0. The molecule has 6 atom stereocenters. The van der Waals surface area contributed by atoms with Crippen LogP contribution in [0.2, 0.25) is 0 Å². The number of aliphatic hydroxyl groups is 1. The third kappa shape index (κ3) is 4.29. The van der Waals surface area contributed by atoms with Crippen LogP contribution in [0.1, 0.15) is 49.4 Å². The van der Waals surface area contributed by atoms with E-state index in [2.05, 4.69) is 0 Å². The maximum absolute atomic E-state index is 15.0. The van der Waals surface area contributed by atoms with Crippen LogP contribution in [0.25, 0.3) is 0 Å². The molecular weight excluding hydrogens is 542 g/mol. The second kappa shape index (κ2) is 11.1. The number of fused-ring (bicyclic) bond motifs is 2. The molecule has 2 fully saturated rings. The molecule has 6 rings (SSSR count). The highest BCUT2D eigenvalue weighted by Crippen LogP contribution is 2.60. The Morgan fingerprint density at radius 2 is 1.58 bits per heavy atom. The fourth-order valence-electron chi connectivity index (χ4n) is 8.02. The summed E-state index contributed by atoms with van der Waals surface area (Å²) in [5, 5.41) is 10.8. The van der Waals surface area contributed by atoms with E-state index in [1.165, 1.54) is 4.90 Å². The van der Waals surface area contributed by atoms with Crippen LogP contribution in [0.3, 0.4) is 0 Å². The van der Waals surface area contributed by atoms with Gasteiger partial charge in [-0.3, -0.25) is 14.4 Å². The van der Waals surface area contributed by atoms with Gasteiger partial charge in [-0.25, -0.2) is 0 Å². The quantitative estimate of drug-likeness (QED) is 0.496. The van der Waals surface area contributed by atoms with Gasteiger partial charge in [0.05, 0.1) is 30.1 Å². The first kappa shape index (κ1) is 29.3. The Kier molecular flexibility index (Phi) is 7.55. The highest BCUT2D eigenvalue weighted by atomic mass is 16.5. The molecule has 3 amide bonds. The molecule has 43 heavy (non-hydrogen) atoms. The van der Waals surface area contributed by atoms with Gasteiger partial charge >= 0.3 is 0 Å². The summed E-state index contributed by atoms with van der Waals surface area (Å²) in [5.74, 6) is -2.47. The molecule has 1 unspecified atom stereocenters. The van der Waals surface area contributed by atoms with Gasteiger partial charge in [0.1, 0.15) is 11.6 Å². The second-order valence-electron chi connectivity index (χ2n) is 12.3. The van der Waals surface area contributed by atoms with Gasteiger partial charge in [0.15, 0.2) is 0 Å². The lowest BCUT2D eigenvalue weighted by atomic mass is 9.73. The molecule has 1 N–H and O–H groups in total. The van der Waals surface area contributed by atoms with Crippen LogP contribution in [-0.4, -0.2) is 76.1 Å². The zero-order valence-corrected chi connectivity index (χ0v) is 25.4. The van der Waals surface area contributed by atoms with Gasteiger partial charge < -0.3 is 24.5 Å². The van der Waals surface area contributed by atoms with E-state index >= 15 is 4.79 Å². The van der Waals surface area contributed by atoms with E-state index in [4.69, 9.17) is 4.74 Å². The number of anilines is 1. The standard InChI is InChI=1S/C35H41N3O5/c1-5-19-36-20-11-17-34(6-2)27(31(36)40)28-32(41)38(26(22-39)25-15-8-7-9-16-25)30-33(42)37(21-12-18-35(28,30)43-34)29-23(3)13-10-14-24(29)4/h7-18,26-28,30,39H,5-6,19-22H2,1-4H3/t26-,27-,28+,30?,34+,35+/m1/s1. The van der Waals surface area contributed by atoms with Crippen LogP contribution in [0.15, 0.2) is 72.8 Å². The second-order valence-corrected chi connectivity index (χ2v) is 12.3. The van der Waals surface area contributed by atoms with E-state index in [1.807, 2.05) is 101 Å². The number of hydrogen-bond acceptors (Lipinski definition) is 5. The SMILES string of the molecule is CCCN1CC=C[C@]2(CC)O[C@]34C=CCN(c5c(C)cccc5C)C(=O)C3N([C@H](CO)c3ccccc3)C(=O)[C@@H]4[C@@H]2C1=O. The van der Waals surface area contributed by atoms with Gasteiger partial charge in [-0.15, -0.1) is 0 Å². The number of aliphatic hydroxyl groups excluding tert-OH is 1. The first-order valence-electron chi connectivity index (χ1n) is 15.4. The van der Waals surface area contributed by atoms with Crippen molar-refractivity contribution in [2.24, 2.45) is 11.8 Å². The third-order valence-electron chi connectivity index (χ3n) is 9.86. The number of para-hydroxylation sites is 1. The fourth-order valence-corrected chi connectivity index (χ4v) is 8.02. The van der Waals surface area contributed by atoms with E-state index in [0.29, 0.717) is 26.1 Å². The average Bonchev–Trinajstić information content (AvgIpc) is 3.30. The highest BCUT2D eigenvalue weighted by Gasteiger charge is 2.76. The number of carbonyl (C=O) groups excluding carboxylic acids is 3. The number of ether oxygens (including phenoxy) is 1. The number of nitrogens with zero attached hydrogens (tertiary/aromatic N) is 3. The van der Waals surface area contributed by atoms with Gasteiger partial charge in [-0.2, -0.15) is 0 Å². The minimum absolute atomic E-state index is 0.124. The van der Waals surface area contributed by atoms with Crippen molar-refractivity contribution in [3.63, 3.8) is 0 Å². The molecular formula is C35H41N3O5. The molecule has 8 nitrogen and oxygen atoms in total. The predicted octanol–water partition coefficient (Wildman–Crippen LogP) is 4.11. The Balaban J connectivity index is 1.57. The Morgan fingerprint density at radius 3 is 2.23 bits per heavy atom. The van der Waals surface area contributed by atoms with Crippen LogP contribution in [0, 0.1) is 25.7 Å². The molecule has 0 radical (unpaired) electrons. The first-order chi connectivity index (χ1) is 20.7. The zero-order valence-electron chi connectivity index (χ0n) is 25.4. The molecule has 8 heteroatoms. The Hall–Kier alpha value is -3.75. The van der Waals surface area contributed by atoms with Gasteiger partial charge in [0.25, 0.3) is 5.91 Å². The Bertz CT molecular complexity index is 1470. The van der Waals surface area contributed by atoms with E-state index in [9.17, 15) is 14.7 Å². The molecule has 4 heterocycles. The topological polar surface area (TPSA) is 90.4 Å². The molecule has 2 aromatic carbocycles. The van der Waals surface area contributed by atoms with Crippen molar-refractivity contribution in [2.45, 2.75) is 63.8 Å². The number of likely N-dealkylation sites (tertiary alicyclic amines) is 1. The molecule has 0 aliphatic carbocycles. The van der Waals surface area contributed by atoms with Crippen molar-refractivity contribution in [3.8, 4) is 0 Å². The van der Waals surface area contributed by atoms with Crippen molar-refractivity contribution < 1.29 is 24.2 Å². The minimum Gasteiger partial charge on any atom is -0.394 e. The Labute approximate surface area is 253 Å². The van der Waals surface area contributed by atoms with Gasteiger partial charge in [0.2, 0.25) is 11.8 Å². The smallest absolute Gasteiger partial charge is 0.253 e. The van der Waals surface area contributed by atoms with E-state index in [0.717, 1.165) is 28.8 Å². The highest BCUT2D eigenvalue weighted by molar-refractivity contribution is 6.06. The number of carbonyl (C=O) groups is 3. The monoisotopic (exact) mass is 583 g/mol. The minimum atomic E-state index is -1.39. The number of benzene rings is 2. The van der Waals surface area contributed by atoms with E-state index in [-0.39, 0.29) is 24.3 Å². The lowest BCUT2D eigenvalue weighted by Gasteiger charge is -2.41. The van der Waals surface area contributed by atoms with Crippen LogP contribution in [0.5, 0.6) is 0 Å². The van der Waals surface area contributed by atoms with Gasteiger partial charge in [-0.05, 0) is 43.4 Å². The molecule has 0 bridgehead atoms. The number of rotatable bonds is 7. The summed E-state index contributed by atoms with van der Waals surface area (Å²) < 4.78 is 7.11. The lowest BCUT2D eigenvalue weighted by molar-refractivity contribution is -0.152. The van der Waals surface area contributed by atoms with Crippen molar-refractivity contribution >= 4 is 23.4 Å².